The first-order valence-corrected chi connectivity index (χ1v) is 5.63. The van der Waals surface area contributed by atoms with Gasteiger partial charge in [-0.15, -0.1) is 0 Å². The maximum atomic E-state index is 12.2. The van der Waals surface area contributed by atoms with Crippen LogP contribution in [0.15, 0.2) is 48.8 Å². The molecule has 0 aliphatic carbocycles. The summed E-state index contributed by atoms with van der Waals surface area (Å²) in [5.74, 6) is -0.982. The molecule has 1 aromatic carbocycles. The summed E-state index contributed by atoms with van der Waals surface area (Å²) in [6.07, 6.45) is 3.09. The van der Waals surface area contributed by atoms with Crippen LogP contribution in [-0.4, -0.2) is 10.8 Å². The summed E-state index contributed by atoms with van der Waals surface area (Å²) in [6, 6.07) is 12.9. The molecule has 0 radical (unpaired) electrons. The fraction of sp³-hybridized carbons (Fsp3) is 0.133. The third-order valence-corrected chi connectivity index (χ3v) is 2.75. The maximum absolute atomic E-state index is 12.2. The van der Waals surface area contributed by atoms with E-state index < -0.39 is 5.92 Å². The minimum absolute atomic E-state index is 0.213. The molecule has 0 saturated heterocycles. The standard InChI is InChI=1S/C15H12N2O/c1-11-4-6-12(7-5-11)14(9-16)15(18)13-3-2-8-17-10-13/h2-8,10,14H,1H3. The molecule has 1 heterocycles. The third kappa shape index (κ3) is 2.44. The van der Waals surface area contributed by atoms with Gasteiger partial charge in [-0.05, 0) is 24.6 Å². The Morgan fingerprint density at radius 2 is 2.00 bits per heavy atom. The van der Waals surface area contributed by atoms with Crippen molar-refractivity contribution in [1.82, 2.24) is 4.98 Å². The van der Waals surface area contributed by atoms with Gasteiger partial charge in [-0.3, -0.25) is 9.78 Å². The average molecular weight is 236 g/mol. The highest BCUT2D eigenvalue weighted by Crippen LogP contribution is 2.20. The number of aromatic nitrogens is 1. The van der Waals surface area contributed by atoms with Crippen molar-refractivity contribution in [2.45, 2.75) is 12.8 Å². The molecule has 18 heavy (non-hydrogen) atoms. The fourth-order valence-electron chi connectivity index (χ4n) is 1.72. The molecule has 2 rings (SSSR count). The summed E-state index contributed by atoms with van der Waals surface area (Å²) in [5.41, 5.74) is 2.28. The molecule has 1 unspecified atom stereocenters. The predicted octanol–water partition coefficient (Wildman–Crippen LogP) is 2.88. The molecule has 0 bridgehead atoms. The number of nitriles is 1. The summed E-state index contributed by atoms with van der Waals surface area (Å²) in [4.78, 5) is 16.1. The van der Waals surface area contributed by atoms with E-state index >= 15 is 0 Å². The van der Waals surface area contributed by atoms with Gasteiger partial charge in [0.15, 0.2) is 5.78 Å². The molecule has 3 heteroatoms. The smallest absolute Gasteiger partial charge is 0.185 e. The first-order valence-electron chi connectivity index (χ1n) is 5.63. The van der Waals surface area contributed by atoms with E-state index in [1.807, 2.05) is 31.2 Å². The topological polar surface area (TPSA) is 53.8 Å². The maximum Gasteiger partial charge on any atom is 0.185 e. The van der Waals surface area contributed by atoms with Gasteiger partial charge in [-0.1, -0.05) is 29.8 Å². The van der Waals surface area contributed by atoms with Crippen molar-refractivity contribution in [1.29, 1.82) is 5.26 Å². The van der Waals surface area contributed by atoms with Gasteiger partial charge in [-0.2, -0.15) is 5.26 Å². The number of carbonyl (C=O) groups excluding carboxylic acids is 1. The molecule has 3 nitrogen and oxygen atoms in total. The summed E-state index contributed by atoms with van der Waals surface area (Å²) in [6.45, 7) is 1.97. The fourth-order valence-corrected chi connectivity index (χ4v) is 1.72. The first-order chi connectivity index (χ1) is 8.72. The quantitative estimate of drug-likeness (QED) is 0.770. The number of carbonyl (C=O) groups is 1. The van der Waals surface area contributed by atoms with Crippen LogP contribution in [0.2, 0.25) is 0 Å². The number of hydrogen-bond donors (Lipinski definition) is 0. The SMILES string of the molecule is Cc1ccc(C(C#N)C(=O)c2cccnc2)cc1. The van der Waals surface area contributed by atoms with Gasteiger partial charge in [0.1, 0.15) is 5.92 Å². The molecule has 0 N–H and O–H groups in total. The van der Waals surface area contributed by atoms with E-state index in [2.05, 4.69) is 11.1 Å². The Hall–Kier alpha value is -2.47. The van der Waals surface area contributed by atoms with Crippen molar-refractivity contribution in [3.63, 3.8) is 0 Å². The normalized spacial score (nSPS) is 11.6. The third-order valence-electron chi connectivity index (χ3n) is 2.75. The van der Waals surface area contributed by atoms with Crippen LogP contribution in [0.4, 0.5) is 0 Å². The van der Waals surface area contributed by atoms with Crippen LogP contribution in [0.1, 0.15) is 27.4 Å². The lowest BCUT2D eigenvalue weighted by Crippen LogP contribution is -2.11. The first kappa shape index (κ1) is 12.0. The van der Waals surface area contributed by atoms with Gasteiger partial charge >= 0.3 is 0 Å². The van der Waals surface area contributed by atoms with Gasteiger partial charge in [0, 0.05) is 18.0 Å². The van der Waals surface area contributed by atoms with Crippen molar-refractivity contribution in [3.8, 4) is 6.07 Å². The highest BCUT2D eigenvalue weighted by atomic mass is 16.1. The second-order valence-corrected chi connectivity index (χ2v) is 4.08. The second kappa shape index (κ2) is 5.24. The lowest BCUT2D eigenvalue weighted by molar-refractivity contribution is 0.0978. The zero-order valence-corrected chi connectivity index (χ0v) is 10.00. The summed E-state index contributed by atoms with van der Waals surface area (Å²) < 4.78 is 0. The summed E-state index contributed by atoms with van der Waals surface area (Å²) >= 11 is 0. The predicted molar refractivity (Wildman–Crippen MR) is 68.1 cm³/mol. The van der Waals surface area contributed by atoms with Crippen LogP contribution in [0.3, 0.4) is 0 Å². The number of pyridine rings is 1. The van der Waals surface area contributed by atoms with Crippen molar-refractivity contribution >= 4 is 5.78 Å². The highest BCUT2D eigenvalue weighted by molar-refractivity contribution is 6.02. The summed E-state index contributed by atoms with van der Waals surface area (Å²) in [7, 11) is 0. The molecule has 0 aliphatic rings. The number of benzene rings is 1. The van der Waals surface area contributed by atoms with E-state index in [9.17, 15) is 10.1 Å². The minimum Gasteiger partial charge on any atom is -0.292 e. The Labute approximate surface area is 106 Å². The van der Waals surface area contributed by atoms with Crippen LogP contribution >= 0.6 is 0 Å². The number of nitrogens with zero attached hydrogens (tertiary/aromatic N) is 2. The van der Waals surface area contributed by atoms with E-state index in [0.29, 0.717) is 5.56 Å². The molecule has 0 saturated carbocycles. The Morgan fingerprint density at radius 3 is 2.56 bits per heavy atom. The zero-order valence-electron chi connectivity index (χ0n) is 10.00. The monoisotopic (exact) mass is 236 g/mol. The number of aryl methyl sites for hydroxylation is 1. The van der Waals surface area contributed by atoms with E-state index in [4.69, 9.17) is 0 Å². The average Bonchev–Trinajstić information content (AvgIpc) is 2.42. The van der Waals surface area contributed by atoms with Crippen molar-refractivity contribution < 1.29 is 4.79 Å². The van der Waals surface area contributed by atoms with Gasteiger partial charge in [-0.25, -0.2) is 0 Å². The Balaban J connectivity index is 2.33. The van der Waals surface area contributed by atoms with Crippen LogP contribution in [0.25, 0.3) is 0 Å². The zero-order chi connectivity index (χ0) is 13.0. The van der Waals surface area contributed by atoms with Crippen molar-refractivity contribution in [3.05, 3.63) is 65.5 Å². The molecule has 0 aliphatic heterocycles. The van der Waals surface area contributed by atoms with Crippen LogP contribution in [0, 0.1) is 18.3 Å². The Kier molecular flexibility index (Phi) is 3.49. The molecule has 1 atom stereocenters. The van der Waals surface area contributed by atoms with Gasteiger partial charge in [0.05, 0.1) is 6.07 Å². The molecule has 0 amide bonds. The second-order valence-electron chi connectivity index (χ2n) is 4.08. The molecule has 1 aromatic heterocycles. The number of ketones is 1. The molecule has 2 aromatic rings. The Morgan fingerprint density at radius 1 is 1.28 bits per heavy atom. The number of Topliss-reactive ketones (excluding diaryl/α,β-unsaturated/α-hetero) is 1. The van der Waals surface area contributed by atoms with Gasteiger partial charge in [0.2, 0.25) is 0 Å². The molecule has 0 spiro atoms. The molecule has 0 fully saturated rings. The molecular formula is C15H12N2O. The minimum atomic E-state index is -0.769. The van der Waals surface area contributed by atoms with Gasteiger partial charge < -0.3 is 0 Å². The summed E-state index contributed by atoms with van der Waals surface area (Å²) in [5, 5.41) is 9.19. The van der Waals surface area contributed by atoms with E-state index in [-0.39, 0.29) is 5.78 Å². The largest absolute Gasteiger partial charge is 0.292 e. The molecule has 88 valence electrons. The number of rotatable bonds is 3. The Bertz CT molecular complexity index is 582. The van der Waals surface area contributed by atoms with Gasteiger partial charge in [0.25, 0.3) is 0 Å². The number of hydrogen-bond acceptors (Lipinski definition) is 3. The van der Waals surface area contributed by atoms with E-state index in [0.717, 1.165) is 11.1 Å². The lowest BCUT2D eigenvalue weighted by atomic mass is 9.92. The lowest BCUT2D eigenvalue weighted by Gasteiger charge is -2.08. The van der Waals surface area contributed by atoms with Crippen molar-refractivity contribution in [2.24, 2.45) is 0 Å². The van der Waals surface area contributed by atoms with Crippen LogP contribution in [-0.2, 0) is 0 Å². The van der Waals surface area contributed by atoms with E-state index in [1.165, 1.54) is 6.20 Å². The highest BCUT2D eigenvalue weighted by Gasteiger charge is 2.21. The molecular weight excluding hydrogens is 224 g/mol. The van der Waals surface area contributed by atoms with Crippen molar-refractivity contribution in [2.75, 3.05) is 0 Å². The van der Waals surface area contributed by atoms with E-state index in [1.54, 1.807) is 18.3 Å². The van der Waals surface area contributed by atoms with Crippen LogP contribution < -0.4 is 0 Å². The van der Waals surface area contributed by atoms with Crippen LogP contribution in [0.5, 0.6) is 0 Å².